The van der Waals surface area contributed by atoms with Gasteiger partial charge in [-0.05, 0) is 5.56 Å². The van der Waals surface area contributed by atoms with Crippen LogP contribution in [-0.2, 0) is 14.3 Å². The number of esters is 1. The fourth-order valence-electron chi connectivity index (χ4n) is 3.07. The topological polar surface area (TPSA) is 76.0 Å². The Hall–Kier alpha value is -1.95. The molecule has 0 aromatic heterocycles. The number of cyclic esters (lactones) is 1. The van der Waals surface area contributed by atoms with Gasteiger partial charge in [0.2, 0.25) is 0 Å². The average molecular weight is 330 g/mol. The molecule has 0 radical (unpaired) electrons. The van der Waals surface area contributed by atoms with Crippen molar-refractivity contribution in [3.63, 3.8) is 0 Å². The Bertz CT molecular complexity index is 609. The van der Waals surface area contributed by atoms with Crippen molar-refractivity contribution in [3.8, 4) is 0 Å². The Balaban J connectivity index is 1.62. The van der Waals surface area contributed by atoms with Crippen LogP contribution in [0, 0.1) is 0 Å². The van der Waals surface area contributed by atoms with Crippen molar-refractivity contribution in [1.82, 2.24) is 0 Å². The molecule has 0 unspecified atom stereocenters. The summed E-state index contributed by atoms with van der Waals surface area (Å²) in [7, 11) is 0. The Morgan fingerprint density at radius 2 is 1.96 bits per heavy atom. The van der Waals surface area contributed by atoms with Crippen molar-refractivity contribution in [2.75, 3.05) is 0 Å². The van der Waals surface area contributed by atoms with Crippen LogP contribution in [0.2, 0.25) is 0 Å². The van der Waals surface area contributed by atoms with Crippen LogP contribution in [-0.4, -0.2) is 46.7 Å². The number of ether oxygens (including phenoxy) is 2. The van der Waals surface area contributed by atoms with Crippen LogP contribution in [0.3, 0.4) is 0 Å². The van der Waals surface area contributed by atoms with Gasteiger partial charge in [-0.25, -0.2) is 4.79 Å². The predicted octanol–water partition coefficient (Wildman–Crippen LogP) is 1.84. The first-order chi connectivity index (χ1) is 11.6. The molecule has 128 valence electrons. The van der Waals surface area contributed by atoms with Gasteiger partial charge >= 0.3 is 5.97 Å². The van der Waals surface area contributed by atoms with Gasteiger partial charge in [0.15, 0.2) is 0 Å². The van der Waals surface area contributed by atoms with Crippen LogP contribution in [0.1, 0.15) is 24.8 Å². The molecule has 3 rings (SSSR count). The molecule has 1 saturated heterocycles. The molecule has 5 atom stereocenters. The minimum atomic E-state index is -0.963. The summed E-state index contributed by atoms with van der Waals surface area (Å²) in [5.74, 6) is -0.344. The fourth-order valence-corrected chi connectivity index (χ4v) is 3.07. The molecule has 1 fully saturated rings. The lowest BCUT2D eigenvalue weighted by Gasteiger charge is -2.37. The highest BCUT2D eigenvalue weighted by atomic mass is 16.5. The van der Waals surface area contributed by atoms with E-state index in [1.54, 1.807) is 12.2 Å². The molecular weight excluding hydrogens is 308 g/mol. The molecule has 2 heterocycles. The number of aliphatic hydroxyl groups is 2. The molecule has 5 nitrogen and oxygen atoms in total. The van der Waals surface area contributed by atoms with E-state index in [2.05, 4.69) is 0 Å². The first-order valence-corrected chi connectivity index (χ1v) is 8.24. The summed E-state index contributed by atoms with van der Waals surface area (Å²) in [5, 5.41) is 20.3. The maximum absolute atomic E-state index is 11.3. The van der Waals surface area contributed by atoms with Gasteiger partial charge in [0, 0.05) is 25.3 Å². The third-order valence-electron chi connectivity index (χ3n) is 4.32. The van der Waals surface area contributed by atoms with Crippen LogP contribution in [0.25, 0.3) is 6.08 Å². The summed E-state index contributed by atoms with van der Waals surface area (Å²) in [6, 6.07) is 9.70. The van der Waals surface area contributed by atoms with Crippen LogP contribution in [0.5, 0.6) is 0 Å². The first-order valence-electron chi connectivity index (χ1n) is 8.24. The van der Waals surface area contributed by atoms with E-state index >= 15 is 0 Å². The lowest BCUT2D eigenvalue weighted by Crippen LogP contribution is -2.48. The van der Waals surface area contributed by atoms with Crippen molar-refractivity contribution < 1.29 is 24.5 Å². The quantitative estimate of drug-likeness (QED) is 0.824. The first kappa shape index (κ1) is 16.9. The van der Waals surface area contributed by atoms with Crippen molar-refractivity contribution in [3.05, 3.63) is 54.1 Å². The van der Waals surface area contributed by atoms with Crippen molar-refractivity contribution in [1.29, 1.82) is 0 Å². The van der Waals surface area contributed by atoms with E-state index in [0.29, 0.717) is 19.3 Å². The summed E-state index contributed by atoms with van der Waals surface area (Å²) in [5.41, 5.74) is 0.997. The Morgan fingerprint density at radius 3 is 2.71 bits per heavy atom. The number of carbonyl (C=O) groups is 1. The second-order valence-electron chi connectivity index (χ2n) is 6.22. The highest BCUT2D eigenvalue weighted by molar-refractivity contribution is 5.82. The van der Waals surface area contributed by atoms with E-state index in [4.69, 9.17) is 9.47 Å². The van der Waals surface area contributed by atoms with Gasteiger partial charge in [0.25, 0.3) is 0 Å². The van der Waals surface area contributed by atoms with Crippen LogP contribution < -0.4 is 0 Å². The number of carbonyl (C=O) groups excluding carboxylic acids is 1. The Morgan fingerprint density at radius 1 is 1.17 bits per heavy atom. The molecular formula is C19H22O5. The van der Waals surface area contributed by atoms with E-state index in [1.165, 1.54) is 6.08 Å². The van der Waals surface area contributed by atoms with Gasteiger partial charge in [-0.3, -0.25) is 0 Å². The molecule has 0 saturated carbocycles. The molecule has 0 amide bonds. The van der Waals surface area contributed by atoms with E-state index in [0.717, 1.165) is 5.56 Å². The molecule has 2 aliphatic heterocycles. The number of hydrogen-bond acceptors (Lipinski definition) is 5. The van der Waals surface area contributed by atoms with Crippen LogP contribution >= 0.6 is 0 Å². The SMILES string of the molecule is O=C1C=CC[C@H](C[C@H]2C[C@@H](O)[C@@H](O)[C@H](/C=C/c3ccccc3)O2)O1. The monoisotopic (exact) mass is 330 g/mol. The molecule has 1 aromatic rings. The fraction of sp³-hybridized carbons (Fsp3) is 0.421. The minimum Gasteiger partial charge on any atom is -0.459 e. The lowest BCUT2D eigenvalue weighted by molar-refractivity contribution is -0.165. The van der Waals surface area contributed by atoms with Gasteiger partial charge in [-0.1, -0.05) is 48.6 Å². The number of rotatable bonds is 4. The summed E-state index contributed by atoms with van der Waals surface area (Å²) < 4.78 is 11.2. The molecule has 5 heteroatoms. The van der Waals surface area contributed by atoms with Crippen molar-refractivity contribution in [2.24, 2.45) is 0 Å². The summed E-state index contributed by atoms with van der Waals surface area (Å²) in [4.78, 5) is 11.3. The smallest absolute Gasteiger partial charge is 0.330 e. The standard InChI is InChI=1S/C19H22O5/c20-16-12-15(11-14-7-4-8-18(21)24-14)23-17(19(16)22)10-9-13-5-2-1-3-6-13/h1-6,8-10,14-17,19-20,22H,7,11-12H2/b10-9+/t14-,15+,16-,17+,19-/m1/s1. The van der Waals surface area contributed by atoms with E-state index in [1.807, 2.05) is 36.4 Å². The van der Waals surface area contributed by atoms with Gasteiger partial charge < -0.3 is 19.7 Å². The maximum Gasteiger partial charge on any atom is 0.330 e. The second-order valence-corrected chi connectivity index (χ2v) is 6.22. The van der Waals surface area contributed by atoms with Crippen LogP contribution in [0.15, 0.2) is 48.6 Å². The van der Waals surface area contributed by atoms with E-state index in [9.17, 15) is 15.0 Å². The summed E-state index contributed by atoms with van der Waals surface area (Å²) in [6.07, 6.45) is 5.41. The molecule has 1 aromatic carbocycles. The van der Waals surface area contributed by atoms with E-state index < -0.39 is 18.3 Å². The molecule has 24 heavy (non-hydrogen) atoms. The molecule has 0 bridgehead atoms. The zero-order chi connectivity index (χ0) is 16.9. The third-order valence-corrected chi connectivity index (χ3v) is 4.32. The highest BCUT2D eigenvalue weighted by Crippen LogP contribution is 2.27. The predicted molar refractivity (Wildman–Crippen MR) is 89.0 cm³/mol. The van der Waals surface area contributed by atoms with Gasteiger partial charge in [0.1, 0.15) is 18.3 Å². The number of hydrogen-bond donors (Lipinski definition) is 2. The largest absolute Gasteiger partial charge is 0.459 e. The average Bonchev–Trinajstić information content (AvgIpc) is 2.58. The summed E-state index contributed by atoms with van der Waals surface area (Å²) in [6.45, 7) is 0. The van der Waals surface area contributed by atoms with Gasteiger partial charge in [0.05, 0.1) is 12.2 Å². The zero-order valence-electron chi connectivity index (χ0n) is 13.3. The van der Waals surface area contributed by atoms with Gasteiger partial charge in [-0.15, -0.1) is 0 Å². The molecule has 0 aliphatic carbocycles. The highest BCUT2D eigenvalue weighted by Gasteiger charge is 2.36. The molecule has 2 N–H and O–H groups in total. The van der Waals surface area contributed by atoms with Gasteiger partial charge in [-0.2, -0.15) is 0 Å². The Kier molecular flexibility index (Phi) is 5.45. The number of aliphatic hydroxyl groups excluding tert-OH is 2. The zero-order valence-corrected chi connectivity index (χ0v) is 13.3. The van der Waals surface area contributed by atoms with Crippen molar-refractivity contribution in [2.45, 2.75) is 49.8 Å². The molecule has 0 spiro atoms. The van der Waals surface area contributed by atoms with Crippen LogP contribution in [0.4, 0.5) is 0 Å². The maximum atomic E-state index is 11.3. The van der Waals surface area contributed by atoms with E-state index in [-0.39, 0.29) is 18.2 Å². The number of benzene rings is 1. The minimum absolute atomic E-state index is 0.242. The Labute approximate surface area is 141 Å². The lowest BCUT2D eigenvalue weighted by atomic mass is 9.93. The second kappa shape index (κ2) is 7.75. The third kappa shape index (κ3) is 4.32. The van der Waals surface area contributed by atoms with Crippen molar-refractivity contribution >= 4 is 12.0 Å². The summed E-state index contributed by atoms with van der Waals surface area (Å²) >= 11 is 0. The molecule has 2 aliphatic rings. The normalized spacial score (nSPS) is 33.6.